The molecule has 7 rings (SSSR count). The van der Waals surface area contributed by atoms with Crippen molar-refractivity contribution in [3.8, 4) is 0 Å². The third-order valence-electron chi connectivity index (χ3n) is 13.0. The Bertz CT molecular complexity index is 516. The highest BCUT2D eigenvalue weighted by Crippen LogP contribution is 2.66. The zero-order chi connectivity index (χ0) is 19.7. The maximum absolute atomic E-state index is 1.71. The first-order chi connectivity index (χ1) is 14.9. The van der Waals surface area contributed by atoms with Gasteiger partial charge >= 0.3 is 0 Å². The van der Waals surface area contributed by atoms with E-state index < -0.39 is 0 Å². The molecule has 0 nitrogen and oxygen atoms in total. The Labute approximate surface area is 186 Å². The van der Waals surface area contributed by atoms with Crippen molar-refractivity contribution in [1.82, 2.24) is 0 Å². The van der Waals surface area contributed by atoms with Crippen LogP contribution in [0.2, 0.25) is 0 Å². The van der Waals surface area contributed by atoms with Gasteiger partial charge in [0.1, 0.15) is 0 Å². The quantitative estimate of drug-likeness (QED) is 0.377. The van der Waals surface area contributed by atoms with Crippen molar-refractivity contribution in [3.05, 3.63) is 0 Å². The number of hydrogen-bond acceptors (Lipinski definition) is 0. The van der Waals surface area contributed by atoms with Crippen LogP contribution in [0, 0.1) is 71.0 Å². The highest BCUT2D eigenvalue weighted by molar-refractivity contribution is 5.08. The lowest BCUT2D eigenvalue weighted by molar-refractivity contribution is -0.154. The van der Waals surface area contributed by atoms with Crippen LogP contribution in [0.25, 0.3) is 0 Å². The zero-order valence-electron chi connectivity index (χ0n) is 19.7. The molecule has 7 aliphatic carbocycles. The van der Waals surface area contributed by atoms with E-state index in [0.717, 1.165) is 47.3 Å². The van der Waals surface area contributed by atoms with Crippen molar-refractivity contribution in [1.29, 1.82) is 0 Å². The molecule has 7 saturated carbocycles. The van der Waals surface area contributed by atoms with E-state index in [1.54, 1.807) is 116 Å². The second kappa shape index (κ2) is 7.80. The van der Waals surface area contributed by atoms with Crippen molar-refractivity contribution in [2.24, 2.45) is 71.0 Å². The number of hydrogen-bond donors (Lipinski definition) is 0. The molecule has 0 N–H and O–H groups in total. The molecule has 0 heteroatoms. The lowest BCUT2D eigenvalue weighted by Crippen LogP contribution is -2.57. The summed E-state index contributed by atoms with van der Waals surface area (Å²) in [6.45, 7) is 0. The van der Waals surface area contributed by atoms with Crippen LogP contribution in [0.15, 0.2) is 0 Å². The molecule has 0 saturated heterocycles. The van der Waals surface area contributed by atoms with Gasteiger partial charge < -0.3 is 0 Å². The molecule has 0 bridgehead atoms. The Hall–Kier alpha value is 0. The molecule has 0 radical (unpaired) electrons. The normalized spacial score (nSPS) is 57.6. The molecular formula is C30H48. The van der Waals surface area contributed by atoms with Crippen molar-refractivity contribution in [3.63, 3.8) is 0 Å². The lowest BCUT2D eigenvalue weighted by atomic mass is 9.41. The molecule has 7 aliphatic rings. The summed E-state index contributed by atoms with van der Waals surface area (Å²) in [6.07, 6.45) is 29.0. The third-order valence-corrected chi connectivity index (χ3v) is 13.0. The maximum Gasteiger partial charge on any atom is -0.0349 e. The first-order valence-corrected chi connectivity index (χ1v) is 14.9. The molecular weight excluding hydrogens is 360 g/mol. The molecule has 0 heterocycles. The lowest BCUT2D eigenvalue weighted by Gasteiger charge is -2.64. The van der Waals surface area contributed by atoms with Gasteiger partial charge in [-0.2, -0.15) is 0 Å². The van der Waals surface area contributed by atoms with Crippen LogP contribution in [-0.4, -0.2) is 0 Å². The standard InChI is InChI=1S/C30H48/c1-5-13-23-19(9-1)20-10-2-6-14-24(20)28-18-30-26-16-8-4-12-22(26)21-11-3-7-15-25(21)29(30)17-27(23)28/h19-30H,1-18H2. The van der Waals surface area contributed by atoms with Crippen LogP contribution in [-0.2, 0) is 0 Å². The average molecular weight is 409 g/mol. The summed E-state index contributed by atoms with van der Waals surface area (Å²) < 4.78 is 0. The Balaban J connectivity index is 1.24. The first kappa shape index (κ1) is 19.5. The zero-order valence-corrected chi connectivity index (χ0v) is 19.7. The number of fused-ring (bicyclic) bond motifs is 12. The van der Waals surface area contributed by atoms with E-state index in [1.807, 2.05) is 0 Å². The van der Waals surface area contributed by atoms with Gasteiger partial charge in [-0.1, -0.05) is 51.4 Å². The summed E-state index contributed by atoms with van der Waals surface area (Å²) in [7, 11) is 0. The monoisotopic (exact) mass is 408 g/mol. The van der Waals surface area contributed by atoms with Gasteiger partial charge in [-0.15, -0.1) is 0 Å². The van der Waals surface area contributed by atoms with Crippen LogP contribution in [0.1, 0.15) is 116 Å². The van der Waals surface area contributed by atoms with Gasteiger partial charge in [-0.05, 0) is 135 Å². The van der Waals surface area contributed by atoms with Crippen LogP contribution in [0.5, 0.6) is 0 Å². The molecule has 0 aromatic heterocycles. The fourth-order valence-electron chi connectivity index (χ4n) is 12.3. The SMILES string of the molecule is C1CCC2C(C1)C1CCCCC1C1CC3C4CCCCC4C4CCCCC4C3CC21. The van der Waals surface area contributed by atoms with Gasteiger partial charge in [0.25, 0.3) is 0 Å². The van der Waals surface area contributed by atoms with Crippen LogP contribution in [0.4, 0.5) is 0 Å². The van der Waals surface area contributed by atoms with Crippen molar-refractivity contribution < 1.29 is 0 Å². The van der Waals surface area contributed by atoms with E-state index in [-0.39, 0.29) is 0 Å². The van der Waals surface area contributed by atoms with Gasteiger partial charge in [0.05, 0.1) is 0 Å². The van der Waals surface area contributed by atoms with Crippen molar-refractivity contribution in [2.75, 3.05) is 0 Å². The smallest absolute Gasteiger partial charge is 0.0349 e. The predicted molar refractivity (Wildman–Crippen MR) is 125 cm³/mol. The topological polar surface area (TPSA) is 0 Å². The van der Waals surface area contributed by atoms with Crippen LogP contribution < -0.4 is 0 Å². The molecule has 0 aromatic carbocycles. The fraction of sp³-hybridized carbons (Fsp3) is 1.00. The molecule has 12 unspecified atom stereocenters. The minimum absolute atomic E-state index is 1.16. The molecule has 0 spiro atoms. The minimum Gasteiger partial charge on any atom is -0.0530 e. The Morgan fingerprint density at radius 3 is 0.567 bits per heavy atom. The van der Waals surface area contributed by atoms with Gasteiger partial charge in [-0.3, -0.25) is 0 Å². The molecule has 7 fully saturated rings. The minimum atomic E-state index is 1.16. The van der Waals surface area contributed by atoms with Gasteiger partial charge in [0.15, 0.2) is 0 Å². The van der Waals surface area contributed by atoms with Gasteiger partial charge in [0, 0.05) is 0 Å². The highest BCUT2D eigenvalue weighted by Gasteiger charge is 2.59. The summed E-state index contributed by atoms with van der Waals surface area (Å²) in [5, 5.41) is 0. The first-order valence-electron chi connectivity index (χ1n) is 14.9. The Kier molecular flexibility index (Phi) is 5.06. The van der Waals surface area contributed by atoms with E-state index in [0.29, 0.717) is 0 Å². The molecule has 0 amide bonds. The largest absolute Gasteiger partial charge is 0.0530 e. The van der Waals surface area contributed by atoms with Crippen LogP contribution >= 0.6 is 0 Å². The Morgan fingerprint density at radius 2 is 0.367 bits per heavy atom. The predicted octanol–water partition coefficient (Wildman–Crippen LogP) is 8.50. The molecule has 168 valence electrons. The summed E-state index contributed by atoms with van der Waals surface area (Å²) in [6, 6.07) is 0. The molecule has 12 atom stereocenters. The maximum atomic E-state index is 1.71. The number of rotatable bonds is 0. The second-order valence-corrected chi connectivity index (χ2v) is 13.6. The summed E-state index contributed by atoms with van der Waals surface area (Å²) >= 11 is 0. The van der Waals surface area contributed by atoms with Crippen molar-refractivity contribution in [2.45, 2.75) is 116 Å². The third kappa shape index (κ3) is 2.89. The molecule has 0 aliphatic heterocycles. The average Bonchev–Trinajstić information content (AvgIpc) is 2.83. The van der Waals surface area contributed by atoms with Gasteiger partial charge in [-0.25, -0.2) is 0 Å². The van der Waals surface area contributed by atoms with E-state index in [2.05, 4.69) is 0 Å². The summed E-state index contributed by atoms with van der Waals surface area (Å²) in [4.78, 5) is 0. The van der Waals surface area contributed by atoms with Gasteiger partial charge in [0.2, 0.25) is 0 Å². The van der Waals surface area contributed by atoms with Crippen LogP contribution in [0.3, 0.4) is 0 Å². The molecule has 0 aromatic rings. The molecule has 30 heavy (non-hydrogen) atoms. The Morgan fingerprint density at radius 1 is 0.200 bits per heavy atom. The fourth-order valence-corrected chi connectivity index (χ4v) is 12.3. The van der Waals surface area contributed by atoms with E-state index >= 15 is 0 Å². The second-order valence-electron chi connectivity index (χ2n) is 13.6. The van der Waals surface area contributed by atoms with E-state index in [1.165, 1.54) is 23.7 Å². The van der Waals surface area contributed by atoms with E-state index in [9.17, 15) is 0 Å². The highest BCUT2D eigenvalue weighted by atomic mass is 14.6. The summed E-state index contributed by atoms with van der Waals surface area (Å²) in [5.74, 6) is 14.0. The van der Waals surface area contributed by atoms with Crippen molar-refractivity contribution >= 4 is 0 Å². The van der Waals surface area contributed by atoms with E-state index in [4.69, 9.17) is 0 Å². The summed E-state index contributed by atoms with van der Waals surface area (Å²) in [5.41, 5.74) is 0.